The molecule has 4 nitrogen and oxygen atoms in total. The van der Waals surface area contributed by atoms with Gasteiger partial charge in [0.15, 0.2) is 0 Å². The van der Waals surface area contributed by atoms with Crippen LogP contribution in [-0.2, 0) is 6.54 Å². The summed E-state index contributed by atoms with van der Waals surface area (Å²) in [5, 5.41) is 14.2. The molecule has 4 heteroatoms. The van der Waals surface area contributed by atoms with Crippen molar-refractivity contribution < 1.29 is 4.92 Å². The minimum atomic E-state index is -0.358. The standard InChI is InChI=1S/C17H18N2O2/c1-12-6-9-15(19(20)21)10-17(12)18-11-14-4-2-3-5-16(14)13-7-8-13/h2-6,9-10,13,18H,7-8,11H2,1H3. The van der Waals surface area contributed by atoms with Crippen molar-refractivity contribution in [1.29, 1.82) is 0 Å². The number of nitro groups is 1. The van der Waals surface area contributed by atoms with E-state index >= 15 is 0 Å². The van der Waals surface area contributed by atoms with Crippen LogP contribution in [0.5, 0.6) is 0 Å². The second-order valence-electron chi connectivity index (χ2n) is 5.58. The van der Waals surface area contributed by atoms with E-state index in [-0.39, 0.29) is 10.6 Å². The van der Waals surface area contributed by atoms with Crippen LogP contribution in [0.15, 0.2) is 42.5 Å². The quantitative estimate of drug-likeness (QED) is 0.653. The van der Waals surface area contributed by atoms with Crippen molar-refractivity contribution in [3.8, 4) is 0 Å². The van der Waals surface area contributed by atoms with E-state index in [4.69, 9.17) is 0 Å². The van der Waals surface area contributed by atoms with Crippen LogP contribution in [-0.4, -0.2) is 4.92 Å². The van der Waals surface area contributed by atoms with Crippen LogP contribution < -0.4 is 5.32 Å². The van der Waals surface area contributed by atoms with E-state index < -0.39 is 0 Å². The zero-order chi connectivity index (χ0) is 14.8. The van der Waals surface area contributed by atoms with E-state index in [1.165, 1.54) is 24.0 Å². The Hall–Kier alpha value is -2.36. The fraction of sp³-hybridized carbons (Fsp3) is 0.294. The molecule has 0 saturated heterocycles. The first kappa shape index (κ1) is 13.6. The lowest BCUT2D eigenvalue weighted by molar-refractivity contribution is -0.384. The summed E-state index contributed by atoms with van der Waals surface area (Å²) in [7, 11) is 0. The molecular formula is C17H18N2O2. The minimum Gasteiger partial charge on any atom is -0.381 e. The van der Waals surface area contributed by atoms with Crippen LogP contribution in [0, 0.1) is 17.0 Å². The molecule has 0 amide bonds. The van der Waals surface area contributed by atoms with Crippen LogP contribution in [0.2, 0.25) is 0 Å². The first-order chi connectivity index (χ1) is 10.1. The first-order valence-corrected chi connectivity index (χ1v) is 7.22. The highest BCUT2D eigenvalue weighted by Crippen LogP contribution is 2.41. The molecule has 2 aromatic rings. The number of nitro benzene ring substituents is 1. The van der Waals surface area contributed by atoms with Gasteiger partial charge in [-0.25, -0.2) is 0 Å². The van der Waals surface area contributed by atoms with Crippen molar-refractivity contribution in [2.75, 3.05) is 5.32 Å². The highest BCUT2D eigenvalue weighted by molar-refractivity contribution is 5.57. The molecule has 0 heterocycles. The summed E-state index contributed by atoms with van der Waals surface area (Å²) in [5.41, 5.74) is 4.66. The fourth-order valence-electron chi connectivity index (χ4n) is 2.59. The Labute approximate surface area is 124 Å². The van der Waals surface area contributed by atoms with Crippen molar-refractivity contribution in [2.45, 2.75) is 32.2 Å². The molecule has 0 aromatic heterocycles. The third kappa shape index (κ3) is 3.05. The van der Waals surface area contributed by atoms with Gasteiger partial charge < -0.3 is 5.32 Å². The van der Waals surface area contributed by atoms with E-state index in [9.17, 15) is 10.1 Å². The number of benzene rings is 2. The van der Waals surface area contributed by atoms with Gasteiger partial charge in [0.1, 0.15) is 0 Å². The number of rotatable bonds is 5. The number of aryl methyl sites for hydroxylation is 1. The normalized spacial score (nSPS) is 14.0. The monoisotopic (exact) mass is 282 g/mol. The molecule has 0 spiro atoms. The van der Waals surface area contributed by atoms with Crippen molar-refractivity contribution in [2.24, 2.45) is 0 Å². The number of nitrogens with zero attached hydrogens (tertiary/aromatic N) is 1. The van der Waals surface area contributed by atoms with E-state index in [2.05, 4.69) is 23.5 Å². The molecule has 0 radical (unpaired) electrons. The molecule has 1 aliphatic rings. The van der Waals surface area contributed by atoms with Gasteiger partial charge in [0.05, 0.1) is 4.92 Å². The molecule has 0 bridgehead atoms. The van der Waals surface area contributed by atoms with E-state index in [1.807, 2.05) is 13.0 Å². The van der Waals surface area contributed by atoms with Gasteiger partial charge in [-0.1, -0.05) is 30.3 Å². The largest absolute Gasteiger partial charge is 0.381 e. The number of anilines is 1. The Morgan fingerprint density at radius 2 is 2.00 bits per heavy atom. The highest BCUT2D eigenvalue weighted by atomic mass is 16.6. The number of nitrogens with one attached hydrogen (secondary N) is 1. The maximum absolute atomic E-state index is 10.9. The molecule has 1 aliphatic carbocycles. The van der Waals surface area contributed by atoms with Crippen molar-refractivity contribution in [1.82, 2.24) is 0 Å². The van der Waals surface area contributed by atoms with Gasteiger partial charge >= 0.3 is 0 Å². The molecule has 0 unspecified atom stereocenters. The highest BCUT2D eigenvalue weighted by Gasteiger charge is 2.25. The maximum Gasteiger partial charge on any atom is 0.271 e. The van der Waals surface area contributed by atoms with Crippen molar-refractivity contribution in [3.63, 3.8) is 0 Å². The zero-order valence-corrected chi connectivity index (χ0v) is 12.0. The minimum absolute atomic E-state index is 0.124. The van der Waals surface area contributed by atoms with Gasteiger partial charge in [-0.2, -0.15) is 0 Å². The zero-order valence-electron chi connectivity index (χ0n) is 12.0. The lowest BCUT2D eigenvalue weighted by Gasteiger charge is -2.12. The third-order valence-corrected chi connectivity index (χ3v) is 3.97. The smallest absolute Gasteiger partial charge is 0.271 e. The van der Waals surface area contributed by atoms with Gasteiger partial charge in [0, 0.05) is 24.4 Å². The average Bonchev–Trinajstić information content (AvgIpc) is 3.31. The summed E-state index contributed by atoms with van der Waals surface area (Å²) < 4.78 is 0. The molecule has 3 rings (SSSR count). The average molecular weight is 282 g/mol. The Balaban J connectivity index is 1.79. The number of hydrogen-bond acceptors (Lipinski definition) is 3. The maximum atomic E-state index is 10.9. The number of non-ortho nitro benzene ring substituents is 1. The second kappa shape index (κ2) is 5.56. The molecule has 2 aromatic carbocycles. The topological polar surface area (TPSA) is 55.2 Å². The van der Waals surface area contributed by atoms with Crippen molar-refractivity contribution in [3.05, 3.63) is 69.3 Å². The predicted molar refractivity (Wildman–Crippen MR) is 83.6 cm³/mol. The lowest BCUT2D eigenvalue weighted by atomic mass is 10.0. The van der Waals surface area contributed by atoms with Gasteiger partial charge in [0.2, 0.25) is 0 Å². The van der Waals surface area contributed by atoms with Crippen LogP contribution in [0.4, 0.5) is 11.4 Å². The summed E-state index contributed by atoms with van der Waals surface area (Å²) in [6, 6.07) is 13.4. The number of hydrogen-bond donors (Lipinski definition) is 1. The van der Waals surface area contributed by atoms with Crippen LogP contribution in [0.25, 0.3) is 0 Å². The Morgan fingerprint density at radius 1 is 1.24 bits per heavy atom. The van der Waals surface area contributed by atoms with Gasteiger partial charge in [0.25, 0.3) is 5.69 Å². The Kier molecular flexibility index (Phi) is 3.60. The third-order valence-electron chi connectivity index (χ3n) is 3.97. The van der Waals surface area contributed by atoms with Crippen LogP contribution in [0.3, 0.4) is 0 Å². The van der Waals surface area contributed by atoms with E-state index in [0.29, 0.717) is 12.5 Å². The summed E-state index contributed by atoms with van der Waals surface area (Å²) in [5.74, 6) is 0.703. The first-order valence-electron chi connectivity index (χ1n) is 7.22. The second-order valence-corrected chi connectivity index (χ2v) is 5.58. The predicted octanol–water partition coefficient (Wildman–Crippen LogP) is 4.39. The molecular weight excluding hydrogens is 264 g/mol. The Morgan fingerprint density at radius 3 is 2.71 bits per heavy atom. The molecule has 1 N–H and O–H groups in total. The lowest BCUT2D eigenvalue weighted by Crippen LogP contribution is -2.04. The molecule has 1 saturated carbocycles. The van der Waals surface area contributed by atoms with Gasteiger partial charge in [-0.15, -0.1) is 0 Å². The molecule has 21 heavy (non-hydrogen) atoms. The molecule has 0 atom stereocenters. The van der Waals surface area contributed by atoms with Crippen molar-refractivity contribution >= 4 is 11.4 Å². The summed E-state index contributed by atoms with van der Waals surface area (Å²) in [6.45, 7) is 2.66. The molecule has 0 aliphatic heterocycles. The summed E-state index contributed by atoms with van der Waals surface area (Å²) >= 11 is 0. The van der Waals surface area contributed by atoms with E-state index in [1.54, 1.807) is 18.2 Å². The molecule has 108 valence electrons. The Bertz CT molecular complexity index is 678. The summed E-state index contributed by atoms with van der Waals surface area (Å²) in [4.78, 5) is 10.5. The fourth-order valence-corrected chi connectivity index (χ4v) is 2.59. The van der Waals surface area contributed by atoms with E-state index in [0.717, 1.165) is 11.3 Å². The van der Waals surface area contributed by atoms with Gasteiger partial charge in [-0.05, 0) is 42.4 Å². The summed E-state index contributed by atoms with van der Waals surface area (Å²) in [6.07, 6.45) is 2.54. The molecule has 1 fully saturated rings. The van der Waals surface area contributed by atoms with Crippen LogP contribution >= 0.6 is 0 Å². The SMILES string of the molecule is Cc1ccc([N+](=O)[O-])cc1NCc1ccccc1C1CC1. The van der Waals surface area contributed by atoms with Gasteiger partial charge in [-0.3, -0.25) is 10.1 Å². The van der Waals surface area contributed by atoms with Crippen LogP contribution in [0.1, 0.15) is 35.4 Å².